The summed E-state index contributed by atoms with van der Waals surface area (Å²) in [4.78, 5) is 23.6. The summed E-state index contributed by atoms with van der Waals surface area (Å²) in [6, 6.07) is 7.22. The van der Waals surface area contributed by atoms with E-state index in [1.54, 1.807) is 6.07 Å². The van der Waals surface area contributed by atoms with Crippen LogP contribution in [0.2, 0.25) is 0 Å². The lowest BCUT2D eigenvalue weighted by atomic mass is 9.99. The van der Waals surface area contributed by atoms with Crippen LogP contribution < -0.4 is 0 Å². The lowest BCUT2D eigenvalue weighted by Crippen LogP contribution is -2.29. The molecule has 1 aliphatic rings. The number of alkyl halides is 3. The summed E-state index contributed by atoms with van der Waals surface area (Å²) in [5.74, 6) is -3.26. The highest BCUT2D eigenvalue weighted by molar-refractivity contribution is 8.78. The summed E-state index contributed by atoms with van der Waals surface area (Å²) in [6.45, 7) is 0. The fourth-order valence-electron chi connectivity index (χ4n) is 1.49. The summed E-state index contributed by atoms with van der Waals surface area (Å²) in [7, 11) is 1.55. The lowest BCUT2D eigenvalue weighted by molar-refractivity contribution is -0.166. The van der Waals surface area contributed by atoms with Crippen molar-refractivity contribution in [3.63, 3.8) is 0 Å². The van der Waals surface area contributed by atoms with E-state index >= 15 is 0 Å². The lowest BCUT2D eigenvalue weighted by Gasteiger charge is -2.11. The molecule has 0 spiro atoms. The highest BCUT2D eigenvalue weighted by Gasteiger charge is 2.45. The van der Waals surface area contributed by atoms with Crippen LogP contribution >= 0.6 is 33.4 Å². The molecule has 0 atom stereocenters. The largest absolute Gasteiger partial charge is 0.455 e. The molecule has 3 nitrogen and oxygen atoms in total. The standard InChI is InChI=1S/C12H5ClF3NO2S2/c13-11-9(20-21-17-11)7(10(19)12(14,15)16)8(18)6-4-2-1-3-5-6/h1-5H/b9-7+. The molecule has 1 aromatic rings. The van der Waals surface area contributed by atoms with Gasteiger partial charge in [0.2, 0.25) is 0 Å². The molecule has 1 aliphatic heterocycles. The zero-order valence-electron chi connectivity index (χ0n) is 9.98. The van der Waals surface area contributed by atoms with E-state index in [1.807, 2.05) is 0 Å². The van der Waals surface area contributed by atoms with Crippen LogP contribution in [0.15, 0.2) is 45.2 Å². The molecule has 0 unspecified atom stereocenters. The van der Waals surface area contributed by atoms with Crippen LogP contribution in [-0.4, -0.2) is 22.9 Å². The molecule has 0 aliphatic carbocycles. The molecule has 0 saturated heterocycles. The number of ketones is 2. The van der Waals surface area contributed by atoms with Crippen LogP contribution in [0, 0.1) is 0 Å². The first kappa shape index (κ1) is 16.1. The van der Waals surface area contributed by atoms with Gasteiger partial charge in [-0.15, -0.1) is 0 Å². The molecule has 0 N–H and O–H groups in total. The van der Waals surface area contributed by atoms with Gasteiger partial charge in [0.05, 0.1) is 21.5 Å². The van der Waals surface area contributed by atoms with Gasteiger partial charge in [-0.2, -0.15) is 17.6 Å². The topological polar surface area (TPSA) is 46.5 Å². The fraction of sp³-hybridized carbons (Fsp3) is 0.0833. The minimum Gasteiger partial charge on any atom is -0.288 e. The maximum absolute atomic E-state index is 12.7. The van der Waals surface area contributed by atoms with Crippen LogP contribution in [0.1, 0.15) is 10.4 Å². The van der Waals surface area contributed by atoms with Crippen molar-refractivity contribution < 1.29 is 22.8 Å². The Kier molecular flexibility index (Phi) is 4.80. The summed E-state index contributed by atoms with van der Waals surface area (Å²) in [5, 5.41) is -0.290. The van der Waals surface area contributed by atoms with Crippen molar-refractivity contribution in [1.82, 2.24) is 0 Å². The number of nitrogens with zero attached hydrogens (tertiary/aromatic N) is 1. The van der Waals surface area contributed by atoms with Crippen molar-refractivity contribution in [2.45, 2.75) is 6.18 Å². The maximum atomic E-state index is 12.7. The second kappa shape index (κ2) is 6.25. The average Bonchev–Trinajstić information content (AvgIpc) is 2.85. The molecule has 1 heterocycles. The van der Waals surface area contributed by atoms with Crippen molar-refractivity contribution in [3.05, 3.63) is 46.4 Å². The van der Waals surface area contributed by atoms with Gasteiger partial charge in [0.1, 0.15) is 0 Å². The number of halogens is 4. The van der Waals surface area contributed by atoms with Gasteiger partial charge in [-0.25, -0.2) is 0 Å². The Morgan fingerprint density at radius 1 is 1.14 bits per heavy atom. The van der Waals surface area contributed by atoms with E-state index < -0.39 is 23.3 Å². The molecule has 0 fully saturated rings. The maximum Gasteiger partial charge on any atom is 0.455 e. The van der Waals surface area contributed by atoms with Gasteiger partial charge in [0.15, 0.2) is 11.0 Å². The third kappa shape index (κ3) is 3.50. The van der Waals surface area contributed by atoms with Crippen LogP contribution in [0.25, 0.3) is 0 Å². The van der Waals surface area contributed by atoms with E-state index in [2.05, 4.69) is 4.40 Å². The summed E-state index contributed by atoms with van der Waals surface area (Å²) < 4.78 is 41.8. The Balaban J connectivity index is 2.56. The fourth-order valence-corrected chi connectivity index (χ4v) is 3.82. The third-order valence-corrected chi connectivity index (χ3v) is 4.73. The molecule has 21 heavy (non-hydrogen) atoms. The number of benzene rings is 1. The van der Waals surface area contributed by atoms with Gasteiger partial charge in [0, 0.05) is 5.56 Å². The van der Waals surface area contributed by atoms with Crippen LogP contribution in [0.3, 0.4) is 0 Å². The highest BCUT2D eigenvalue weighted by Crippen LogP contribution is 2.44. The zero-order valence-corrected chi connectivity index (χ0v) is 12.4. The molecular formula is C12H5ClF3NO2S2. The highest BCUT2D eigenvalue weighted by atomic mass is 35.5. The van der Waals surface area contributed by atoms with E-state index in [9.17, 15) is 22.8 Å². The molecule has 0 radical (unpaired) electrons. The quantitative estimate of drug-likeness (QED) is 0.204. The predicted molar refractivity (Wildman–Crippen MR) is 77.3 cm³/mol. The first-order chi connectivity index (χ1) is 9.82. The SMILES string of the molecule is O=C(/C(C(=O)C(F)(F)F)=C1\SSN=C1Cl)c1ccccc1. The zero-order chi connectivity index (χ0) is 15.6. The van der Waals surface area contributed by atoms with Crippen molar-refractivity contribution >= 4 is 50.1 Å². The summed E-state index contributed by atoms with van der Waals surface area (Å²) in [5.41, 5.74) is -1.03. The Labute approximate surface area is 130 Å². The van der Waals surface area contributed by atoms with E-state index in [0.717, 1.165) is 21.8 Å². The average molecular weight is 352 g/mol. The van der Waals surface area contributed by atoms with E-state index in [0.29, 0.717) is 0 Å². The van der Waals surface area contributed by atoms with Gasteiger partial charge < -0.3 is 0 Å². The number of allylic oxidation sites excluding steroid dienone is 2. The van der Waals surface area contributed by atoms with E-state index in [4.69, 9.17) is 11.6 Å². The van der Waals surface area contributed by atoms with E-state index in [1.165, 1.54) is 24.3 Å². The second-order valence-electron chi connectivity index (χ2n) is 3.77. The number of Topliss-reactive ketones (excluding diaryl/α,β-unsaturated/α-hetero) is 2. The Morgan fingerprint density at radius 2 is 1.76 bits per heavy atom. The first-order valence-corrected chi connectivity index (χ1v) is 7.84. The van der Waals surface area contributed by atoms with Crippen LogP contribution in [0.5, 0.6) is 0 Å². The predicted octanol–water partition coefficient (Wildman–Crippen LogP) is 4.20. The van der Waals surface area contributed by atoms with Crippen molar-refractivity contribution in [2.75, 3.05) is 0 Å². The van der Waals surface area contributed by atoms with Gasteiger partial charge in [-0.05, 0) is 10.8 Å². The minimum absolute atomic E-state index is 0.0282. The Bertz CT molecular complexity index is 656. The van der Waals surface area contributed by atoms with Gasteiger partial charge in [-0.3, -0.25) is 9.59 Å². The molecule has 9 heteroatoms. The minimum atomic E-state index is -5.17. The number of carbonyl (C=O) groups is 2. The first-order valence-electron chi connectivity index (χ1n) is 5.35. The van der Waals surface area contributed by atoms with E-state index in [-0.39, 0.29) is 15.6 Å². The van der Waals surface area contributed by atoms with Gasteiger partial charge >= 0.3 is 6.18 Å². The van der Waals surface area contributed by atoms with Gasteiger partial charge in [-0.1, -0.05) is 41.9 Å². The molecule has 1 aromatic carbocycles. The molecule has 0 aromatic heterocycles. The monoisotopic (exact) mass is 351 g/mol. The summed E-state index contributed by atoms with van der Waals surface area (Å²) in [6.07, 6.45) is -5.17. The number of hydrogen-bond donors (Lipinski definition) is 0. The summed E-state index contributed by atoms with van der Waals surface area (Å²) >= 11 is 5.68. The molecule has 2 rings (SSSR count). The van der Waals surface area contributed by atoms with Crippen LogP contribution in [-0.2, 0) is 4.79 Å². The smallest absolute Gasteiger partial charge is 0.288 e. The second-order valence-corrected chi connectivity index (χ2v) is 5.98. The third-order valence-electron chi connectivity index (χ3n) is 2.40. The molecular weight excluding hydrogens is 347 g/mol. The van der Waals surface area contributed by atoms with Crippen LogP contribution in [0.4, 0.5) is 13.2 Å². The number of rotatable bonds is 3. The Morgan fingerprint density at radius 3 is 2.24 bits per heavy atom. The van der Waals surface area contributed by atoms with Crippen molar-refractivity contribution in [1.29, 1.82) is 0 Å². The number of carbonyl (C=O) groups excluding carboxylic acids is 2. The Hall–Kier alpha value is -1.25. The van der Waals surface area contributed by atoms with Crippen molar-refractivity contribution in [2.24, 2.45) is 4.40 Å². The van der Waals surface area contributed by atoms with Gasteiger partial charge in [0.25, 0.3) is 5.78 Å². The molecule has 0 saturated carbocycles. The molecule has 110 valence electrons. The normalized spacial score (nSPS) is 17.4. The molecule has 0 bridgehead atoms. The molecule has 0 amide bonds. The van der Waals surface area contributed by atoms with Crippen molar-refractivity contribution in [3.8, 4) is 0 Å². The number of hydrogen-bond acceptors (Lipinski definition) is 5.